The van der Waals surface area contributed by atoms with E-state index in [1.54, 1.807) is 6.92 Å². The lowest BCUT2D eigenvalue weighted by atomic mass is 10.00. The van der Waals surface area contributed by atoms with Gasteiger partial charge in [-0.3, -0.25) is 0 Å². The number of aryl methyl sites for hydroxylation is 2. The Hall–Kier alpha value is -3.38. The average Bonchev–Trinajstić information content (AvgIpc) is 3.08. The molecule has 0 saturated carbocycles. The van der Waals surface area contributed by atoms with E-state index in [-0.39, 0.29) is 0 Å². The van der Waals surface area contributed by atoms with E-state index in [4.69, 9.17) is 27.1 Å². The van der Waals surface area contributed by atoms with E-state index < -0.39 is 0 Å². The Morgan fingerprint density at radius 3 is 2.52 bits per heavy atom. The molecule has 0 aliphatic rings. The van der Waals surface area contributed by atoms with E-state index in [0.29, 0.717) is 12.3 Å². The third-order valence-electron chi connectivity index (χ3n) is 5.26. The zero-order valence-electron chi connectivity index (χ0n) is 18.0. The van der Waals surface area contributed by atoms with Crippen LogP contribution in [0.4, 0.5) is 11.5 Å². The number of fused-ring (bicyclic) bond motifs is 1. The zero-order chi connectivity index (χ0) is 22.1. The van der Waals surface area contributed by atoms with Gasteiger partial charge < -0.3 is 16.0 Å². The minimum absolute atomic E-state index is 0.509. The molecule has 0 saturated heterocycles. The molecule has 0 atom stereocenters. The first-order valence-electron chi connectivity index (χ1n) is 10.1. The molecule has 3 N–H and O–H groups in total. The Balaban J connectivity index is 1.78. The van der Waals surface area contributed by atoms with Gasteiger partial charge in [-0.2, -0.15) is 9.61 Å². The van der Waals surface area contributed by atoms with Gasteiger partial charge >= 0.3 is 0 Å². The molecule has 158 valence electrons. The number of hydrogen-bond donors (Lipinski definition) is 3. The van der Waals surface area contributed by atoms with Gasteiger partial charge in [-0.05, 0) is 56.2 Å². The van der Waals surface area contributed by atoms with Gasteiger partial charge in [-0.15, -0.1) is 0 Å². The lowest BCUT2D eigenvalue weighted by molar-refractivity contribution is 0.900. The van der Waals surface area contributed by atoms with Crippen LogP contribution in [0, 0.1) is 19.3 Å². The van der Waals surface area contributed by atoms with E-state index in [9.17, 15) is 0 Å². The van der Waals surface area contributed by atoms with E-state index in [1.165, 1.54) is 0 Å². The van der Waals surface area contributed by atoms with Gasteiger partial charge in [0, 0.05) is 52.9 Å². The van der Waals surface area contributed by atoms with Crippen LogP contribution >= 0.6 is 11.6 Å². The van der Waals surface area contributed by atoms with Crippen molar-refractivity contribution in [1.29, 1.82) is 5.41 Å². The fraction of sp³-hybridized carbons (Fsp3) is 0.208. The van der Waals surface area contributed by atoms with Gasteiger partial charge in [-0.25, -0.2) is 4.98 Å². The number of rotatable bonds is 6. The molecule has 0 amide bonds. The Bertz CT molecular complexity index is 1270. The molecule has 0 spiro atoms. The van der Waals surface area contributed by atoms with E-state index >= 15 is 0 Å². The number of nitrogens with one attached hydrogen (secondary N) is 3. The summed E-state index contributed by atoms with van der Waals surface area (Å²) in [6.07, 6.45) is 0. The van der Waals surface area contributed by atoms with Crippen molar-refractivity contribution in [2.24, 2.45) is 0 Å². The number of hydrogen-bond acceptors (Lipinski definition) is 5. The molecule has 2 heterocycles. The van der Waals surface area contributed by atoms with Crippen molar-refractivity contribution >= 4 is 34.5 Å². The summed E-state index contributed by atoms with van der Waals surface area (Å²) in [6, 6.07) is 15.9. The fourth-order valence-electron chi connectivity index (χ4n) is 3.73. The molecule has 0 aliphatic carbocycles. The van der Waals surface area contributed by atoms with Crippen LogP contribution in [-0.2, 0) is 6.54 Å². The largest absolute Gasteiger partial charge is 0.388 e. The van der Waals surface area contributed by atoms with Gasteiger partial charge in [0.05, 0.1) is 5.69 Å². The maximum atomic E-state index is 8.14. The van der Waals surface area contributed by atoms with Crippen molar-refractivity contribution in [1.82, 2.24) is 14.6 Å². The second kappa shape index (κ2) is 8.40. The summed E-state index contributed by atoms with van der Waals surface area (Å²) in [7, 11) is 1.87. The lowest BCUT2D eigenvalue weighted by Gasteiger charge is -2.12. The number of anilines is 2. The Labute approximate surface area is 186 Å². The number of halogens is 1. The van der Waals surface area contributed by atoms with E-state index in [2.05, 4.69) is 10.6 Å². The quantitative estimate of drug-likeness (QED) is 0.341. The summed E-state index contributed by atoms with van der Waals surface area (Å²) >= 11 is 6.00. The van der Waals surface area contributed by atoms with E-state index in [1.807, 2.05) is 73.9 Å². The number of benzene rings is 2. The van der Waals surface area contributed by atoms with Crippen LogP contribution in [0.1, 0.15) is 29.4 Å². The highest BCUT2D eigenvalue weighted by atomic mass is 35.5. The van der Waals surface area contributed by atoms with E-state index in [0.717, 1.165) is 55.8 Å². The summed E-state index contributed by atoms with van der Waals surface area (Å²) in [5.74, 6) is 0.877. The predicted octanol–water partition coefficient (Wildman–Crippen LogP) is 5.71. The molecule has 31 heavy (non-hydrogen) atoms. The highest BCUT2D eigenvalue weighted by Crippen LogP contribution is 2.32. The van der Waals surface area contributed by atoms with Crippen LogP contribution in [0.2, 0.25) is 5.02 Å². The SMILES string of the molecule is CNc1ccc(-c2c(C)nn3c(NCc4ccc(Cl)cc4)cc(C)nc23)cc1C(C)=N. The Kier molecular flexibility index (Phi) is 5.65. The third kappa shape index (κ3) is 4.11. The van der Waals surface area contributed by atoms with Crippen LogP contribution in [0.5, 0.6) is 0 Å². The first kappa shape index (κ1) is 20.9. The average molecular weight is 433 g/mol. The topological polar surface area (TPSA) is 78.1 Å². The van der Waals surface area contributed by atoms with Gasteiger partial charge in [0.15, 0.2) is 5.65 Å². The summed E-state index contributed by atoms with van der Waals surface area (Å²) in [4.78, 5) is 4.79. The molecule has 7 heteroatoms. The molecule has 6 nitrogen and oxygen atoms in total. The fourth-order valence-corrected chi connectivity index (χ4v) is 3.86. The molecule has 0 fully saturated rings. The van der Waals surface area contributed by atoms with Gasteiger partial charge in [0.2, 0.25) is 0 Å². The molecule has 2 aromatic heterocycles. The van der Waals surface area contributed by atoms with Crippen LogP contribution in [0.3, 0.4) is 0 Å². The molecule has 0 unspecified atom stereocenters. The van der Waals surface area contributed by atoms with Crippen molar-refractivity contribution in [2.75, 3.05) is 17.7 Å². The Morgan fingerprint density at radius 1 is 1.10 bits per heavy atom. The highest BCUT2D eigenvalue weighted by molar-refractivity contribution is 6.30. The lowest BCUT2D eigenvalue weighted by Crippen LogP contribution is -2.07. The number of nitrogens with zero attached hydrogens (tertiary/aromatic N) is 3. The Morgan fingerprint density at radius 2 is 1.84 bits per heavy atom. The van der Waals surface area contributed by atoms with Gasteiger partial charge in [0.25, 0.3) is 0 Å². The monoisotopic (exact) mass is 432 g/mol. The summed E-state index contributed by atoms with van der Waals surface area (Å²) < 4.78 is 1.86. The summed E-state index contributed by atoms with van der Waals surface area (Å²) in [6.45, 7) is 6.42. The molecular formula is C24H25ClN6. The van der Waals surface area contributed by atoms with Gasteiger partial charge in [0.1, 0.15) is 5.82 Å². The number of aromatic nitrogens is 3. The molecule has 4 aromatic rings. The minimum Gasteiger partial charge on any atom is -0.388 e. The normalized spacial score (nSPS) is 11.0. The molecule has 0 aliphatic heterocycles. The van der Waals surface area contributed by atoms with Crippen molar-refractivity contribution in [3.8, 4) is 11.1 Å². The highest BCUT2D eigenvalue weighted by Gasteiger charge is 2.17. The maximum absolute atomic E-state index is 8.14. The molecule has 2 aromatic carbocycles. The summed E-state index contributed by atoms with van der Waals surface area (Å²) in [5.41, 5.74) is 7.99. The smallest absolute Gasteiger partial charge is 0.165 e. The zero-order valence-corrected chi connectivity index (χ0v) is 18.8. The second-order valence-electron chi connectivity index (χ2n) is 7.59. The maximum Gasteiger partial charge on any atom is 0.165 e. The first-order valence-corrected chi connectivity index (χ1v) is 10.5. The molecule has 0 radical (unpaired) electrons. The third-order valence-corrected chi connectivity index (χ3v) is 5.51. The van der Waals surface area contributed by atoms with Crippen LogP contribution in [0.25, 0.3) is 16.8 Å². The van der Waals surface area contributed by atoms with Crippen molar-refractivity contribution in [3.05, 3.63) is 76.1 Å². The van der Waals surface area contributed by atoms with Crippen molar-refractivity contribution < 1.29 is 0 Å². The second-order valence-corrected chi connectivity index (χ2v) is 8.03. The van der Waals surface area contributed by atoms with Crippen molar-refractivity contribution in [2.45, 2.75) is 27.3 Å². The molecule has 0 bridgehead atoms. The van der Waals surface area contributed by atoms with Crippen LogP contribution in [0.15, 0.2) is 48.5 Å². The molecular weight excluding hydrogens is 408 g/mol. The predicted molar refractivity (Wildman–Crippen MR) is 129 cm³/mol. The summed E-state index contributed by atoms with van der Waals surface area (Å²) in [5, 5.41) is 20.3. The van der Waals surface area contributed by atoms with Crippen LogP contribution in [-0.4, -0.2) is 27.4 Å². The molecule has 4 rings (SSSR count). The standard InChI is InChI=1S/C24H25ClN6/c1-14-11-22(28-13-17-5-8-19(25)9-6-17)31-24(29-14)23(16(3)30-31)18-7-10-21(27-4)20(12-18)15(2)26/h5-12,26-28H,13H2,1-4H3. The van der Waals surface area contributed by atoms with Crippen molar-refractivity contribution in [3.63, 3.8) is 0 Å². The van der Waals surface area contributed by atoms with Crippen LogP contribution < -0.4 is 10.6 Å². The van der Waals surface area contributed by atoms with Gasteiger partial charge in [-0.1, -0.05) is 29.8 Å². The minimum atomic E-state index is 0.509. The first-order chi connectivity index (χ1) is 14.9.